The summed E-state index contributed by atoms with van der Waals surface area (Å²) in [6.45, 7) is 2.05. The Hall–Kier alpha value is -1.94. The van der Waals surface area contributed by atoms with Gasteiger partial charge in [0, 0.05) is 12.1 Å². The summed E-state index contributed by atoms with van der Waals surface area (Å²) < 4.78 is 31.7. The summed E-state index contributed by atoms with van der Waals surface area (Å²) in [5.41, 5.74) is 7.28. The third kappa shape index (κ3) is 4.31. The highest BCUT2D eigenvalue weighted by Gasteiger charge is 2.03. The predicted octanol–water partition coefficient (Wildman–Crippen LogP) is 3.43. The van der Waals surface area contributed by atoms with Crippen LogP contribution in [0.4, 0.5) is 8.78 Å². The largest absolute Gasteiger partial charge is 0.489 e. The van der Waals surface area contributed by atoms with Gasteiger partial charge in [0.05, 0.1) is 0 Å². The molecule has 2 rings (SSSR count). The molecule has 0 fully saturated rings. The van der Waals surface area contributed by atoms with Gasteiger partial charge in [-0.25, -0.2) is 8.78 Å². The number of ether oxygens (including phenoxy) is 1. The maximum Gasteiger partial charge on any atom is 0.126 e. The van der Waals surface area contributed by atoms with Crippen molar-refractivity contribution in [3.8, 4) is 5.75 Å². The molecule has 4 heteroatoms. The Labute approximate surface area is 117 Å². The molecule has 0 aliphatic carbocycles. The van der Waals surface area contributed by atoms with Crippen LogP contribution in [0.15, 0.2) is 42.5 Å². The van der Waals surface area contributed by atoms with E-state index in [0.29, 0.717) is 11.3 Å². The van der Waals surface area contributed by atoms with E-state index in [0.717, 1.165) is 18.1 Å². The monoisotopic (exact) mass is 277 g/mol. The third-order valence-corrected chi connectivity index (χ3v) is 2.78. The van der Waals surface area contributed by atoms with E-state index in [1.807, 2.05) is 25.1 Å². The first-order chi connectivity index (χ1) is 9.52. The van der Waals surface area contributed by atoms with Crippen LogP contribution in [-0.2, 0) is 13.0 Å². The van der Waals surface area contributed by atoms with Crippen LogP contribution in [0, 0.1) is 11.6 Å². The Morgan fingerprint density at radius 2 is 1.75 bits per heavy atom. The second kappa shape index (κ2) is 6.48. The van der Waals surface area contributed by atoms with Crippen LogP contribution in [0.25, 0.3) is 0 Å². The summed E-state index contributed by atoms with van der Waals surface area (Å²) in [6, 6.07) is 11.0. The minimum atomic E-state index is -0.602. The van der Waals surface area contributed by atoms with E-state index in [9.17, 15) is 8.78 Å². The van der Waals surface area contributed by atoms with Crippen molar-refractivity contribution in [1.82, 2.24) is 0 Å². The summed E-state index contributed by atoms with van der Waals surface area (Å²) in [5.74, 6) is -0.545. The highest BCUT2D eigenvalue weighted by Crippen LogP contribution is 2.17. The van der Waals surface area contributed by atoms with Crippen molar-refractivity contribution in [2.75, 3.05) is 0 Å². The Balaban J connectivity index is 2.03. The van der Waals surface area contributed by atoms with E-state index in [2.05, 4.69) is 0 Å². The zero-order chi connectivity index (χ0) is 14.5. The Kier molecular flexibility index (Phi) is 4.69. The van der Waals surface area contributed by atoms with Crippen molar-refractivity contribution in [3.63, 3.8) is 0 Å². The predicted molar refractivity (Wildman–Crippen MR) is 74.5 cm³/mol. The number of rotatable bonds is 5. The van der Waals surface area contributed by atoms with Crippen molar-refractivity contribution in [1.29, 1.82) is 0 Å². The molecule has 2 nitrogen and oxygen atoms in total. The number of benzene rings is 2. The van der Waals surface area contributed by atoms with Gasteiger partial charge < -0.3 is 10.5 Å². The van der Waals surface area contributed by atoms with Crippen LogP contribution in [0.5, 0.6) is 5.75 Å². The molecule has 0 heterocycles. The molecule has 2 aromatic rings. The SMILES string of the molecule is CC(N)Cc1cccc(OCc2cc(F)cc(F)c2)c1. The van der Waals surface area contributed by atoms with E-state index in [-0.39, 0.29) is 12.6 Å². The second-order valence-corrected chi connectivity index (χ2v) is 4.90. The van der Waals surface area contributed by atoms with E-state index in [1.54, 1.807) is 6.07 Å². The van der Waals surface area contributed by atoms with Crippen molar-refractivity contribution in [2.45, 2.75) is 26.0 Å². The molecule has 0 saturated carbocycles. The highest BCUT2D eigenvalue weighted by molar-refractivity contribution is 5.29. The van der Waals surface area contributed by atoms with Gasteiger partial charge in [0.25, 0.3) is 0 Å². The van der Waals surface area contributed by atoms with Crippen LogP contribution in [0.2, 0.25) is 0 Å². The van der Waals surface area contributed by atoms with Gasteiger partial charge in [0.1, 0.15) is 24.0 Å². The van der Waals surface area contributed by atoms with Gasteiger partial charge in [0.2, 0.25) is 0 Å². The molecule has 0 radical (unpaired) electrons. The second-order valence-electron chi connectivity index (χ2n) is 4.90. The molecule has 0 saturated heterocycles. The quantitative estimate of drug-likeness (QED) is 0.908. The van der Waals surface area contributed by atoms with Crippen LogP contribution in [-0.4, -0.2) is 6.04 Å². The van der Waals surface area contributed by atoms with Crippen molar-refractivity contribution < 1.29 is 13.5 Å². The number of halogens is 2. The average molecular weight is 277 g/mol. The van der Waals surface area contributed by atoms with Gasteiger partial charge in [-0.1, -0.05) is 12.1 Å². The lowest BCUT2D eigenvalue weighted by Crippen LogP contribution is -2.17. The number of hydrogen-bond acceptors (Lipinski definition) is 2. The van der Waals surface area contributed by atoms with Crippen molar-refractivity contribution >= 4 is 0 Å². The van der Waals surface area contributed by atoms with Crippen LogP contribution < -0.4 is 10.5 Å². The van der Waals surface area contributed by atoms with Crippen LogP contribution in [0.1, 0.15) is 18.1 Å². The van der Waals surface area contributed by atoms with Crippen LogP contribution >= 0.6 is 0 Å². The molecule has 106 valence electrons. The average Bonchev–Trinajstić information content (AvgIpc) is 2.35. The van der Waals surface area contributed by atoms with Gasteiger partial charge >= 0.3 is 0 Å². The fraction of sp³-hybridized carbons (Fsp3) is 0.250. The maximum absolute atomic E-state index is 13.1. The molecule has 0 spiro atoms. The number of nitrogens with two attached hydrogens (primary N) is 1. The first kappa shape index (κ1) is 14.5. The van der Waals surface area contributed by atoms with Crippen LogP contribution in [0.3, 0.4) is 0 Å². The summed E-state index contributed by atoms with van der Waals surface area (Å²) in [5, 5.41) is 0. The van der Waals surface area contributed by atoms with Gasteiger partial charge in [-0.3, -0.25) is 0 Å². The molecule has 1 unspecified atom stereocenters. The summed E-state index contributed by atoms with van der Waals surface area (Å²) in [4.78, 5) is 0. The Morgan fingerprint density at radius 3 is 2.40 bits per heavy atom. The van der Waals surface area contributed by atoms with E-state index in [4.69, 9.17) is 10.5 Å². The zero-order valence-corrected chi connectivity index (χ0v) is 11.3. The summed E-state index contributed by atoms with van der Waals surface area (Å²) in [6.07, 6.45) is 0.756. The van der Waals surface area contributed by atoms with E-state index in [1.165, 1.54) is 12.1 Å². The van der Waals surface area contributed by atoms with Gasteiger partial charge in [-0.15, -0.1) is 0 Å². The Bertz CT molecular complexity index is 564. The fourth-order valence-corrected chi connectivity index (χ4v) is 1.99. The molecule has 0 aromatic heterocycles. The first-order valence-electron chi connectivity index (χ1n) is 6.45. The molecule has 1 atom stereocenters. The normalized spacial score (nSPS) is 12.2. The molecule has 0 aliphatic heterocycles. The minimum Gasteiger partial charge on any atom is -0.489 e. The first-order valence-corrected chi connectivity index (χ1v) is 6.45. The molecule has 2 N–H and O–H groups in total. The zero-order valence-electron chi connectivity index (χ0n) is 11.3. The smallest absolute Gasteiger partial charge is 0.126 e. The lowest BCUT2D eigenvalue weighted by Gasteiger charge is -2.10. The molecule has 0 bridgehead atoms. The van der Waals surface area contributed by atoms with E-state index < -0.39 is 11.6 Å². The van der Waals surface area contributed by atoms with Gasteiger partial charge in [-0.05, 0) is 48.7 Å². The molecule has 2 aromatic carbocycles. The van der Waals surface area contributed by atoms with Crippen molar-refractivity contribution in [3.05, 3.63) is 65.2 Å². The Morgan fingerprint density at radius 1 is 1.05 bits per heavy atom. The fourth-order valence-electron chi connectivity index (χ4n) is 1.99. The molecule has 0 amide bonds. The molecular formula is C16H17F2NO. The summed E-state index contributed by atoms with van der Waals surface area (Å²) in [7, 11) is 0. The topological polar surface area (TPSA) is 35.2 Å². The summed E-state index contributed by atoms with van der Waals surface area (Å²) >= 11 is 0. The van der Waals surface area contributed by atoms with Gasteiger partial charge in [-0.2, -0.15) is 0 Å². The number of hydrogen-bond donors (Lipinski definition) is 1. The van der Waals surface area contributed by atoms with Crippen molar-refractivity contribution in [2.24, 2.45) is 5.73 Å². The highest BCUT2D eigenvalue weighted by atomic mass is 19.1. The lowest BCUT2D eigenvalue weighted by atomic mass is 10.1. The molecular weight excluding hydrogens is 260 g/mol. The third-order valence-electron chi connectivity index (χ3n) is 2.78. The van der Waals surface area contributed by atoms with E-state index >= 15 is 0 Å². The minimum absolute atomic E-state index is 0.0718. The standard InChI is InChI=1S/C16H17F2NO/c1-11(19)5-12-3-2-4-16(8-12)20-10-13-6-14(17)9-15(18)7-13/h2-4,6-9,11H,5,10,19H2,1H3. The van der Waals surface area contributed by atoms with Gasteiger partial charge in [0.15, 0.2) is 0 Å². The maximum atomic E-state index is 13.1. The molecule has 20 heavy (non-hydrogen) atoms. The lowest BCUT2D eigenvalue weighted by molar-refractivity contribution is 0.304. The molecule has 0 aliphatic rings.